The first kappa shape index (κ1) is 12.4. The van der Waals surface area contributed by atoms with E-state index in [1.165, 1.54) is 0 Å². The van der Waals surface area contributed by atoms with Gasteiger partial charge in [-0.2, -0.15) is 0 Å². The van der Waals surface area contributed by atoms with E-state index >= 15 is 0 Å². The Morgan fingerprint density at radius 2 is 1.75 bits per heavy atom. The van der Waals surface area contributed by atoms with Crippen LogP contribution in [-0.4, -0.2) is 12.6 Å². The Hall–Kier alpha value is -1.71. The molecular formula is C12H19N3O. The molecule has 16 heavy (non-hydrogen) atoms. The Balaban J connectivity index is 2.62. The van der Waals surface area contributed by atoms with E-state index in [9.17, 15) is 0 Å². The summed E-state index contributed by atoms with van der Waals surface area (Å²) < 4.78 is 5.62. The smallest absolute Gasteiger partial charge is 0.191 e. The number of ether oxygens (including phenoxy) is 1. The average Bonchev–Trinajstić information content (AvgIpc) is 2.14. The molecular weight excluding hydrogens is 202 g/mol. The minimum Gasteiger partial charge on any atom is -0.493 e. The molecule has 4 heteroatoms. The molecule has 4 nitrogen and oxygen atoms in total. The van der Waals surface area contributed by atoms with E-state index in [0.717, 1.165) is 11.4 Å². The molecule has 0 saturated carbocycles. The Labute approximate surface area is 96.3 Å². The van der Waals surface area contributed by atoms with Gasteiger partial charge in [-0.05, 0) is 29.7 Å². The lowest BCUT2D eigenvalue weighted by Gasteiger charge is -2.18. The molecule has 0 amide bonds. The number of guanidine groups is 1. The molecule has 1 aromatic carbocycles. The van der Waals surface area contributed by atoms with Crippen LogP contribution in [0, 0.1) is 5.41 Å². The van der Waals surface area contributed by atoms with Crippen LogP contribution in [0.15, 0.2) is 29.3 Å². The first-order valence-electron chi connectivity index (χ1n) is 5.19. The lowest BCUT2D eigenvalue weighted by Crippen LogP contribution is -2.21. The summed E-state index contributed by atoms with van der Waals surface area (Å²) in [6.45, 7) is 7.05. The summed E-state index contributed by atoms with van der Waals surface area (Å²) in [4.78, 5) is 3.93. The lowest BCUT2D eigenvalue weighted by atomic mass is 9.99. The summed E-state index contributed by atoms with van der Waals surface area (Å²) in [6, 6.07) is 7.34. The van der Waals surface area contributed by atoms with Crippen molar-refractivity contribution in [2.24, 2.45) is 21.9 Å². The van der Waals surface area contributed by atoms with Crippen LogP contribution in [0.3, 0.4) is 0 Å². The third kappa shape index (κ3) is 4.68. The van der Waals surface area contributed by atoms with Crippen molar-refractivity contribution in [3.05, 3.63) is 24.3 Å². The van der Waals surface area contributed by atoms with E-state index in [1.807, 2.05) is 24.3 Å². The molecule has 1 aromatic rings. The van der Waals surface area contributed by atoms with Gasteiger partial charge in [0.15, 0.2) is 5.96 Å². The van der Waals surface area contributed by atoms with Crippen molar-refractivity contribution in [1.29, 1.82) is 0 Å². The molecule has 0 spiro atoms. The second-order valence-corrected chi connectivity index (χ2v) is 4.88. The van der Waals surface area contributed by atoms with E-state index in [2.05, 4.69) is 25.8 Å². The van der Waals surface area contributed by atoms with Gasteiger partial charge in [-0.3, -0.25) is 0 Å². The van der Waals surface area contributed by atoms with E-state index in [1.54, 1.807) is 0 Å². The lowest BCUT2D eigenvalue weighted by molar-refractivity contribution is 0.198. The molecule has 0 aliphatic carbocycles. The van der Waals surface area contributed by atoms with Crippen molar-refractivity contribution in [2.45, 2.75) is 20.8 Å². The third-order valence-corrected chi connectivity index (χ3v) is 1.77. The summed E-state index contributed by atoms with van der Waals surface area (Å²) in [6.07, 6.45) is 0. The molecule has 0 aromatic heterocycles. The fourth-order valence-electron chi connectivity index (χ4n) is 1.07. The molecule has 0 radical (unpaired) electrons. The predicted octanol–water partition coefficient (Wildman–Crippen LogP) is 2.02. The third-order valence-electron chi connectivity index (χ3n) is 1.77. The van der Waals surface area contributed by atoms with Crippen molar-refractivity contribution in [3.8, 4) is 5.75 Å². The van der Waals surface area contributed by atoms with Crippen molar-refractivity contribution in [3.63, 3.8) is 0 Å². The number of rotatable bonds is 3. The minimum atomic E-state index is 0.0587. The van der Waals surface area contributed by atoms with Crippen molar-refractivity contribution in [2.75, 3.05) is 6.61 Å². The van der Waals surface area contributed by atoms with Gasteiger partial charge in [0, 0.05) is 0 Å². The highest BCUT2D eigenvalue weighted by Gasteiger charge is 2.10. The maximum atomic E-state index is 5.62. The van der Waals surface area contributed by atoms with Gasteiger partial charge in [0.1, 0.15) is 5.75 Å². The fraction of sp³-hybridized carbons (Fsp3) is 0.417. The zero-order valence-corrected chi connectivity index (χ0v) is 10.0. The van der Waals surface area contributed by atoms with Crippen LogP contribution < -0.4 is 16.2 Å². The summed E-state index contributed by atoms with van der Waals surface area (Å²) in [5.41, 5.74) is 11.4. The van der Waals surface area contributed by atoms with Gasteiger partial charge in [0.05, 0.1) is 12.3 Å². The molecule has 0 bridgehead atoms. The predicted molar refractivity (Wildman–Crippen MR) is 66.9 cm³/mol. The van der Waals surface area contributed by atoms with Crippen LogP contribution in [0.4, 0.5) is 5.69 Å². The second kappa shape index (κ2) is 4.88. The molecule has 0 atom stereocenters. The zero-order valence-electron chi connectivity index (χ0n) is 10.0. The van der Waals surface area contributed by atoms with Crippen molar-refractivity contribution < 1.29 is 4.74 Å². The fourth-order valence-corrected chi connectivity index (χ4v) is 1.07. The molecule has 0 unspecified atom stereocenters. The SMILES string of the molecule is CC(C)(C)COc1ccc(N=C(N)N)cc1. The molecule has 0 fully saturated rings. The highest BCUT2D eigenvalue weighted by Crippen LogP contribution is 2.20. The summed E-state index contributed by atoms with van der Waals surface area (Å²) >= 11 is 0. The number of nitrogens with two attached hydrogens (primary N) is 2. The molecule has 0 heterocycles. The first-order chi connectivity index (χ1) is 7.37. The van der Waals surface area contributed by atoms with E-state index in [0.29, 0.717) is 6.61 Å². The van der Waals surface area contributed by atoms with Gasteiger partial charge in [-0.1, -0.05) is 20.8 Å². The van der Waals surface area contributed by atoms with Gasteiger partial charge in [0.25, 0.3) is 0 Å². The summed E-state index contributed by atoms with van der Waals surface area (Å²) in [5, 5.41) is 0. The zero-order chi connectivity index (χ0) is 12.2. The highest BCUT2D eigenvalue weighted by molar-refractivity contribution is 5.78. The normalized spacial score (nSPS) is 10.9. The number of hydrogen-bond acceptors (Lipinski definition) is 2. The monoisotopic (exact) mass is 221 g/mol. The second-order valence-electron chi connectivity index (χ2n) is 4.88. The Kier molecular flexibility index (Phi) is 3.77. The van der Waals surface area contributed by atoms with E-state index in [4.69, 9.17) is 16.2 Å². The van der Waals surface area contributed by atoms with Crippen LogP contribution >= 0.6 is 0 Å². The number of aliphatic imine (C=N–C) groups is 1. The molecule has 4 N–H and O–H groups in total. The number of nitrogens with zero attached hydrogens (tertiary/aromatic N) is 1. The molecule has 1 rings (SSSR count). The van der Waals surface area contributed by atoms with Crippen LogP contribution in [-0.2, 0) is 0 Å². The molecule has 0 saturated heterocycles. The Bertz CT molecular complexity index is 359. The van der Waals surface area contributed by atoms with E-state index in [-0.39, 0.29) is 11.4 Å². The van der Waals surface area contributed by atoms with Crippen LogP contribution in [0.2, 0.25) is 0 Å². The van der Waals surface area contributed by atoms with Gasteiger partial charge in [0.2, 0.25) is 0 Å². The van der Waals surface area contributed by atoms with Crippen LogP contribution in [0.1, 0.15) is 20.8 Å². The van der Waals surface area contributed by atoms with Crippen molar-refractivity contribution >= 4 is 11.6 Å². The summed E-state index contributed by atoms with van der Waals surface area (Å²) in [7, 11) is 0. The van der Waals surface area contributed by atoms with Gasteiger partial charge < -0.3 is 16.2 Å². The van der Waals surface area contributed by atoms with Gasteiger partial charge in [-0.15, -0.1) is 0 Å². The largest absolute Gasteiger partial charge is 0.493 e. The van der Waals surface area contributed by atoms with Crippen molar-refractivity contribution in [1.82, 2.24) is 0 Å². The molecule has 0 aliphatic heterocycles. The average molecular weight is 221 g/mol. The standard InChI is InChI=1S/C12H19N3O/c1-12(2,3)8-16-10-6-4-9(5-7-10)15-11(13)14/h4-7H,8H2,1-3H3,(H4,13,14,15). The number of hydrogen-bond donors (Lipinski definition) is 2. The quantitative estimate of drug-likeness (QED) is 0.605. The first-order valence-corrected chi connectivity index (χ1v) is 5.19. The molecule has 0 aliphatic rings. The van der Waals surface area contributed by atoms with Crippen LogP contribution in [0.5, 0.6) is 5.75 Å². The van der Waals surface area contributed by atoms with Gasteiger partial charge >= 0.3 is 0 Å². The maximum absolute atomic E-state index is 5.62. The maximum Gasteiger partial charge on any atom is 0.191 e. The molecule has 88 valence electrons. The topological polar surface area (TPSA) is 73.6 Å². The van der Waals surface area contributed by atoms with E-state index < -0.39 is 0 Å². The highest BCUT2D eigenvalue weighted by atomic mass is 16.5. The Morgan fingerprint density at radius 3 is 2.19 bits per heavy atom. The van der Waals surface area contributed by atoms with Gasteiger partial charge in [-0.25, -0.2) is 4.99 Å². The number of benzene rings is 1. The summed E-state index contributed by atoms with van der Waals surface area (Å²) in [5.74, 6) is 0.882. The van der Waals surface area contributed by atoms with Crippen LogP contribution in [0.25, 0.3) is 0 Å². The Morgan fingerprint density at radius 1 is 1.19 bits per heavy atom. The minimum absolute atomic E-state index is 0.0587.